The number of aromatic nitrogens is 2. The van der Waals surface area contributed by atoms with Gasteiger partial charge in [-0.15, -0.1) is 11.3 Å². The molecule has 2 heterocycles. The van der Waals surface area contributed by atoms with Gasteiger partial charge in [-0.1, -0.05) is 18.5 Å². The van der Waals surface area contributed by atoms with Gasteiger partial charge < -0.3 is 10.6 Å². The molecule has 0 aliphatic heterocycles. The first-order chi connectivity index (χ1) is 10.1. The fraction of sp³-hybridized carbons (Fsp3) is 0.357. The standard InChI is InChI=1S/C14H17ClN4OS/c1-3-4-16-13-6-10(5-12(15)19-13)14(20)18-8-11-7-17-9(2)21-11/h5-7H,3-4,8H2,1-2H3,(H,16,19)(H,18,20). The lowest BCUT2D eigenvalue weighted by Crippen LogP contribution is -2.22. The molecule has 112 valence electrons. The zero-order chi connectivity index (χ0) is 15.2. The highest BCUT2D eigenvalue weighted by Crippen LogP contribution is 2.15. The highest BCUT2D eigenvalue weighted by atomic mass is 35.5. The molecule has 0 saturated heterocycles. The molecule has 0 atom stereocenters. The van der Waals surface area contributed by atoms with Gasteiger partial charge in [0, 0.05) is 23.2 Å². The summed E-state index contributed by atoms with van der Waals surface area (Å²) < 4.78 is 0. The fourth-order valence-corrected chi connectivity index (χ4v) is 2.67. The minimum absolute atomic E-state index is 0.176. The highest BCUT2D eigenvalue weighted by Gasteiger charge is 2.10. The van der Waals surface area contributed by atoms with Gasteiger partial charge in [-0.05, 0) is 25.5 Å². The summed E-state index contributed by atoms with van der Waals surface area (Å²) in [7, 11) is 0. The molecular formula is C14H17ClN4OS. The van der Waals surface area contributed by atoms with Crippen molar-refractivity contribution in [2.75, 3.05) is 11.9 Å². The number of aryl methyl sites for hydroxylation is 1. The lowest BCUT2D eigenvalue weighted by molar-refractivity contribution is 0.0951. The second kappa shape index (κ2) is 7.38. The maximum absolute atomic E-state index is 12.2. The van der Waals surface area contributed by atoms with Gasteiger partial charge in [-0.2, -0.15) is 0 Å². The quantitative estimate of drug-likeness (QED) is 0.800. The first-order valence-corrected chi connectivity index (χ1v) is 7.89. The van der Waals surface area contributed by atoms with E-state index in [1.807, 2.05) is 6.92 Å². The molecule has 0 aliphatic carbocycles. The first kappa shape index (κ1) is 15.7. The monoisotopic (exact) mass is 324 g/mol. The minimum atomic E-state index is -0.176. The number of rotatable bonds is 6. The Morgan fingerprint density at radius 3 is 2.90 bits per heavy atom. The van der Waals surface area contributed by atoms with E-state index in [4.69, 9.17) is 11.6 Å². The Morgan fingerprint density at radius 1 is 1.43 bits per heavy atom. The smallest absolute Gasteiger partial charge is 0.251 e. The molecule has 0 aromatic carbocycles. The van der Waals surface area contributed by atoms with Gasteiger partial charge >= 0.3 is 0 Å². The molecule has 2 aromatic rings. The Balaban J connectivity index is 2.02. The SMILES string of the molecule is CCCNc1cc(C(=O)NCc2cnc(C)s2)cc(Cl)n1. The van der Waals surface area contributed by atoms with Crippen molar-refractivity contribution in [3.63, 3.8) is 0 Å². The average Bonchev–Trinajstić information content (AvgIpc) is 2.87. The van der Waals surface area contributed by atoms with E-state index < -0.39 is 0 Å². The van der Waals surface area contributed by atoms with Gasteiger partial charge in [0.1, 0.15) is 11.0 Å². The minimum Gasteiger partial charge on any atom is -0.370 e. The maximum Gasteiger partial charge on any atom is 0.251 e. The van der Waals surface area contributed by atoms with Gasteiger partial charge in [0.15, 0.2) is 0 Å². The van der Waals surface area contributed by atoms with Crippen LogP contribution in [0.1, 0.15) is 33.6 Å². The highest BCUT2D eigenvalue weighted by molar-refractivity contribution is 7.11. The molecule has 0 saturated carbocycles. The number of carbonyl (C=O) groups is 1. The summed E-state index contributed by atoms with van der Waals surface area (Å²) in [4.78, 5) is 21.5. The Kier molecular flexibility index (Phi) is 5.52. The Hall–Kier alpha value is -1.66. The number of amides is 1. The van der Waals surface area contributed by atoms with Crippen LogP contribution < -0.4 is 10.6 Å². The molecule has 2 aromatic heterocycles. The third-order valence-corrected chi connectivity index (χ3v) is 3.81. The third kappa shape index (κ3) is 4.68. The molecule has 21 heavy (non-hydrogen) atoms. The van der Waals surface area contributed by atoms with E-state index in [0.717, 1.165) is 22.9 Å². The number of hydrogen-bond donors (Lipinski definition) is 2. The van der Waals surface area contributed by atoms with Crippen LogP contribution in [0.4, 0.5) is 5.82 Å². The summed E-state index contributed by atoms with van der Waals surface area (Å²) in [6.07, 6.45) is 2.74. The van der Waals surface area contributed by atoms with Crippen molar-refractivity contribution in [2.45, 2.75) is 26.8 Å². The van der Waals surface area contributed by atoms with Crippen LogP contribution in [0.15, 0.2) is 18.3 Å². The Bertz CT molecular complexity index is 629. The van der Waals surface area contributed by atoms with Crippen molar-refractivity contribution in [2.24, 2.45) is 0 Å². The summed E-state index contributed by atoms with van der Waals surface area (Å²) in [5.41, 5.74) is 0.495. The topological polar surface area (TPSA) is 66.9 Å². The summed E-state index contributed by atoms with van der Waals surface area (Å²) >= 11 is 7.52. The number of nitrogens with one attached hydrogen (secondary N) is 2. The number of thiazole rings is 1. The average molecular weight is 325 g/mol. The predicted molar refractivity (Wildman–Crippen MR) is 86.0 cm³/mol. The van der Waals surface area contributed by atoms with E-state index in [2.05, 4.69) is 27.5 Å². The Morgan fingerprint density at radius 2 is 2.24 bits per heavy atom. The second-order valence-corrected chi connectivity index (χ2v) is 6.23. The van der Waals surface area contributed by atoms with Gasteiger partial charge in [-0.3, -0.25) is 4.79 Å². The molecule has 7 heteroatoms. The van der Waals surface area contributed by atoms with Crippen LogP contribution in [0.5, 0.6) is 0 Å². The summed E-state index contributed by atoms with van der Waals surface area (Å²) in [5, 5.41) is 7.26. The molecule has 0 spiro atoms. The molecule has 1 amide bonds. The zero-order valence-corrected chi connectivity index (χ0v) is 13.5. The van der Waals surface area contributed by atoms with Crippen LogP contribution >= 0.6 is 22.9 Å². The van der Waals surface area contributed by atoms with Gasteiger partial charge in [0.2, 0.25) is 0 Å². The number of carbonyl (C=O) groups excluding carboxylic acids is 1. The van der Waals surface area contributed by atoms with Gasteiger partial charge in [0.05, 0.1) is 11.6 Å². The third-order valence-electron chi connectivity index (χ3n) is 2.70. The lowest BCUT2D eigenvalue weighted by atomic mass is 10.2. The summed E-state index contributed by atoms with van der Waals surface area (Å²) in [6, 6.07) is 3.26. The molecule has 2 rings (SSSR count). The largest absolute Gasteiger partial charge is 0.370 e. The molecule has 0 bridgehead atoms. The van der Waals surface area contributed by atoms with Gasteiger partial charge in [-0.25, -0.2) is 9.97 Å². The van der Waals surface area contributed by atoms with Crippen molar-refractivity contribution in [3.8, 4) is 0 Å². The number of anilines is 1. The number of halogens is 1. The maximum atomic E-state index is 12.2. The molecule has 0 unspecified atom stereocenters. The van der Waals surface area contributed by atoms with E-state index in [1.165, 1.54) is 0 Å². The molecule has 0 aliphatic rings. The zero-order valence-electron chi connectivity index (χ0n) is 11.9. The Labute approximate surface area is 132 Å². The van der Waals surface area contributed by atoms with Gasteiger partial charge in [0.25, 0.3) is 5.91 Å². The fourth-order valence-electron chi connectivity index (χ4n) is 1.73. The van der Waals surface area contributed by atoms with Crippen LogP contribution in [-0.2, 0) is 6.54 Å². The molecule has 0 fully saturated rings. The second-order valence-electron chi connectivity index (χ2n) is 4.52. The van der Waals surface area contributed by atoms with E-state index in [1.54, 1.807) is 29.7 Å². The number of hydrogen-bond acceptors (Lipinski definition) is 5. The molecule has 2 N–H and O–H groups in total. The van der Waals surface area contributed by atoms with E-state index >= 15 is 0 Å². The van der Waals surface area contributed by atoms with E-state index in [0.29, 0.717) is 23.1 Å². The summed E-state index contributed by atoms with van der Waals surface area (Å²) in [6.45, 7) is 5.24. The van der Waals surface area contributed by atoms with Crippen LogP contribution in [0.3, 0.4) is 0 Å². The van der Waals surface area contributed by atoms with Crippen LogP contribution in [-0.4, -0.2) is 22.4 Å². The van der Waals surface area contributed by atoms with Crippen molar-refractivity contribution >= 4 is 34.7 Å². The van der Waals surface area contributed by atoms with Crippen LogP contribution in [0, 0.1) is 6.92 Å². The van der Waals surface area contributed by atoms with Crippen molar-refractivity contribution < 1.29 is 4.79 Å². The van der Waals surface area contributed by atoms with Crippen LogP contribution in [0.25, 0.3) is 0 Å². The van der Waals surface area contributed by atoms with Crippen molar-refractivity contribution in [3.05, 3.63) is 38.9 Å². The lowest BCUT2D eigenvalue weighted by Gasteiger charge is -2.08. The molecule has 0 radical (unpaired) electrons. The normalized spacial score (nSPS) is 10.4. The summed E-state index contributed by atoms with van der Waals surface area (Å²) in [5.74, 6) is 0.438. The predicted octanol–water partition coefficient (Wildman–Crippen LogP) is 3.25. The van der Waals surface area contributed by atoms with Crippen molar-refractivity contribution in [1.29, 1.82) is 0 Å². The molecule has 5 nitrogen and oxygen atoms in total. The first-order valence-electron chi connectivity index (χ1n) is 6.69. The number of nitrogens with zero attached hydrogens (tertiary/aromatic N) is 2. The van der Waals surface area contributed by atoms with E-state index in [9.17, 15) is 4.79 Å². The van der Waals surface area contributed by atoms with Crippen molar-refractivity contribution in [1.82, 2.24) is 15.3 Å². The number of pyridine rings is 1. The van der Waals surface area contributed by atoms with E-state index in [-0.39, 0.29) is 5.91 Å². The molecular weight excluding hydrogens is 308 g/mol. The van der Waals surface area contributed by atoms with Crippen LogP contribution in [0.2, 0.25) is 5.15 Å².